The van der Waals surface area contributed by atoms with Crippen molar-refractivity contribution < 1.29 is 14.2 Å². The van der Waals surface area contributed by atoms with Gasteiger partial charge < -0.3 is 24.2 Å². The molecule has 8 bridgehead atoms. The molecule has 276 valence electrons. The van der Waals surface area contributed by atoms with Gasteiger partial charge >= 0.3 is 0 Å². The number of hydrogen-bond donors (Lipinski definition) is 2. The second kappa shape index (κ2) is 15.9. The van der Waals surface area contributed by atoms with Gasteiger partial charge in [-0.05, 0) is 114 Å². The highest BCUT2D eigenvalue weighted by Crippen LogP contribution is 2.38. The zero-order valence-corrected chi connectivity index (χ0v) is 31.9. The van der Waals surface area contributed by atoms with Gasteiger partial charge in [-0.2, -0.15) is 0 Å². The molecule has 6 aromatic rings. The van der Waals surface area contributed by atoms with E-state index in [1.165, 1.54) is 31.2 Å². The third kappa shape index (κ3) is 7.30. The maximum atomic E-state index is 5.70. The molecule has 0 radical (unpaired) electrons. The Bertz CT molecular complexity index is 2550. The Labute approximate surface area is 322 Å². The Kier molecular flexibility index (Phi) is 10.3. The smallest absolute Gasteiger partial charge is 0.119 e. The average molecular weight is 727 g/mol. The van der Waals surface area contributed by atoms with Crippen LogP contribution in [0.4, 0.5) is 0 Å². The molecule has 0 aliphatic carbocycles. The number of ether oxygens (including phenoxy) is 3. The first-order valence-electron chi connectivity index (χ1n) is 19.1. The third-order valence-electron chi connectivity index (χ3n) is 10.5. The van der Waals surface area contributed by atoms with E-state index in [9.17, 15) is 0 Å². The third-order valence-corrected chi connectivity index (χ3v) is 10.5. The molecule has 7 heteroatoms. The molecular weight excluding hydrogens is 681 g/mol. The number of fused-ring (bicyclic) bond motifs is 8. The van der Waals surface area contributed by atoms with Crippen molar-refractivity contribution in [3.8, 4) is 50.6 Å². The molecule has 0 atom stereocenters. The number of aromatic nitrogens is 4. The molecule has 0 amide bonds. The number of methoxy groups -OCH3 is 3. The SMILES string of the molecule is CCCCCCCc1c2nc(c(-c3cccc(OC)c3)c3ccc([nH]3)c(-c3cccc(OC)c3)c3nc(c(-c4cccc(OC)c4)c4ccc1[nH]4)C=C3)C=C2. The topological polar surface area (TPSA) is 85.1 Å². The fourth-order valence-corrected chi connectivity index (χ4v) is 7.68. The maximum absolute atomic E-state index is 5.70. The molecule has 2 N–H and O–H groups in total. The van der Waals surface area contributed by atoms with Crippen molar-refractivity contribution in [1.29, 1.82) is 0 Å². The Morgan fingerprint density at radius 3 is 1.31 bits per heavy atom. The summed E-state index contributed by atoms with van der Waals surface area (Å²) < 4.78 is 17.1. The van der Waals surface area contributed by atoms with E-state index in [2.05, 4.69) is 102 Å². The van der Waals surface area contributed by atoms with E-state index in [-0.39, 0.29) is 0 Å². The minimum absolute atomic E-state index is 0.771. The molecule has 0 spiro atoms. The summed E-state index contributed by atoms with van der Waals surface area (Å²) in [5.41, 5.74) is 14.6. The Hall–Kier alpha value is -6.34. The molecule has 2 aliphatic heterocycles. The summed E-state index contributed by atoms with van der Waals surface area (Å²) in [4.78, 5) is 18.5. The van der Waals surface area contributed by atoms with Gasteiger partial charge in [-0.25, -0.2) is 9.97 Å². The van der Waals surface area contributed by atoms with Gasteiger partial charge in [0.15, 0.2) is 0 Å². The van der Waals surface area contributed by atoms with Gasteiger partial charge in [0.25, 0.3) is 0 Å². The van der Waals surface area contributed by atoms with Gasteiger partial charge in [0, 0.05) is 44.3 Å². The molecule has 0 unspecified atom stereocenters. The molecule has 3 aromatic heterocycles. The number of nitrogens with one attached hydrogen (secondary N) is 2. The monoisotopic (exact) mass is 726 g/mol. The predicted molar refractivity (Wildman–Crippen MR) is 227 cm³/mol. The first-order chi connectivity index (χ1) is 27.1. The largest absolute Gasteiger partial charge is 0.497 e. The van der Waals surface area contributed by atoms with Crippen molar-refractivity contribution in [2.24, 2.45) is 0 Å². The van der Waals surface area contributed by atoms with Crippen molar-refractivity contribution in [3.63, 3.8) is 0 Å². The minimum atomic E-state index is 0.771. The van der Waals surface area contributed by atoms with Crippen molar-refractivity contribution in [3.05, 3.63) is 125 Å². The van der Waals surface area contributed by atoms with Gasteiger partial charge in [-0.1, -0.05) is 69.0 Å². The second-order valence-electron chi connectivity index (χ2n) is 14.0. The number of aromatic amines is 2. The quantitative estimate of drug-likeness (QED) is 0.122. The van der Waals surface area contributed by atoms with Crippen molar-refractivity contribution >= 4 is 46.4 Å². The van der Waals surface area contributed by atoms with Gasteiger partial charge in [-0.3, -0.25) is 0 Å². The Morgan fingerprint density at radius 2 is 0.855 bits per heavy atom. The van der Waals surface area contributed by atoms with E-state index in [1.807, 2.05) is 36.4 Å². The van der Waals surface area contributed by atoms with Crippen LogP contribution in [0.1, 0.15) is 67.4 Å². The summed E-state index contributed by atoms with van der Waals surface area (Å²) in [6.45, 7) is 2.26. The first-order valence-corrected chi connectivity index (χ1v) is 19.1. The van der Waals surface area contributed by atoms with Gasteiger partial charge in [-0.15, -0.1) is 0 Å². The number of benzene rings is 3. The molecule has 3 aromatic carbocycles. The lowest BCUT2D eigenvalue weighted by Gasteiger charge is -2.08. The van der Waals surface area contributed by atoms with Crippen molar-refractivity contribution in [2.45, 2.75) is 45.4 Å². The molecule has 5 heterocycles. The fourth-order valence-electron chi connectivity index (χ4n) is 7.68. The van der Waals surface area contributed by atoms with E-state index < -0.39 is 0 Å². The first kappa shape index (κ1) is 35.7. The van der Waals surface area contributed by atoms with Crippen LogP contribution in [0.25, 0.3) is 79.8 Å². The molecule has 55 heavy (non-hydrogen) atoms. The molecule has 8 rings (SSSR count). The van der Waals surface area contributed by atoms with Crippen LogP contribution < -0.4 is 14.2 Å². The van der Waals surface area contributed by atoms with Crippen molar-refractivity contribution in [2.75, 3.05) is 21.3 Å². The average Bonchev–Trinajstić information content (AvgIpc) is 4.07. The van der Waals surface area contributed by atoms with E-state index in [4.69, 9.17) is 24.2 Å². The summed E-state index contributed by atoms with van der Waals surface area (Å²) in [5.74, 6) is 2.34. The Morgan fingerprint density at radius 1 is 0.455 bits per heavy atom. The summed E-state index contributed by atoms with van der Waals surface area (Å²) in [7, 11) is 5.10. The molecule has 0 saturated carbocycles. The number of nitrogens with zero attached hydrogens (tertiary/aromatic N) is 2. The predicted octanol–water partition coefficient (Wildman–Crippen LogP) is 12.2. The number of hydrogen-bond acceptors (Lipinski definition) is 5. The number of unbranched alkanes of at least 4 members (excludes halogenated alkanes) is 4. The highest BCUT2D eigenvalue weighted by atomic mass is 16.5. The Balaban J connectivity index is 1.50. The van der Waals surface area contributed by atoms with Gasteiger partial charge in [0.05, 0.1) is 44.1 Å². The van der Waals surface area contributed by atoms with Crippen LogP contribution in [0.2, 0.25) is 0 Å². The second-order valence-corrected chi connectivity index (χ2v) is 14.0. The standard InChI is InChI=1S/C48H46N4O3/c1-5-6-7-8-9-19-37-38-20-22-40(49-38)46(31-13-10-16-34(28-31)53-2)42-24-26-44(51-42)48(33-15-12-18-36(30-33)55-4)45-27-25-43(52-45)47(41-23-21-39(37)50-41)32-14-11-17-35(29-32)54-3/h10-18,20-30,49,52H,5-9,19H2,1-4H3. The fraction of sp³-hybridized carbons (Fsp3) is 0.208. The van der Waals surface area contributed by atoms with Crippen LogP contribution >= 0.6 is 0 Å². The molecule has 2 aliphatic rings. The van der Waals surface area contributed by atoms with Crippen molar-refractivity contribution in [1.82, 2.24) is 19.9 Å². The maximum Gasteiger partial charge on any atom is 0.119 e. The van der Waals surface area contributed by atoms with E-state index in [1.54, 1.807) is 21.3 Å². The summed E-state index contributed by atoms with van der Waals surface area (Å²) >= 11 is 0. The normalized spacial score (nSPS) is 11.9. The summed E-state index contributed by atoms with van der Waals surface area (Å²) in [6.07, 6.45) is 15.4. The van der Waals surface area contributed by atoms with E-state index in [0.717, 1.165) is 108 Å². The van der Waals surface area contributed by atoms with Crippen LogP contribution in [0.5, 0.6) is 17.2 Å². The zero-order valence-electron chi connectivity index (χ0n) is 31.9. The van der Waals surface area contributed by atoms with Crippen LogP contribution in [0.15, 0.2) is 97.1 Å². The minimum Gasteiger partial charge on any atom is -0.497 e. The van der Waals surface area contributed by atoms with Crippen LogP contribution in [-0.2, 0) is 6.42 Å². The summed E-state index contributed by atoms with van der Waals surface area (Å²) in [5, 5.41) is 0. The molecule has 7 nitrogen and oxygen atoms in total. The van der Waals surface area contributed by atoms with Gasteiger partial charge in [0.2, 0.25) is 0 Å². The number of aryl methyl sites for hydroxylation is 1. The number of H-pyrrole nitrogens is 2. The van der Waals surface area contributed by atoms with E-state index >= 15 is 0 Å². The number of rotatable bonds is 12. The van der Waals surface area contributed by atoms with Crippen LogP contribution in [0, 0.1) is 0 Å². The van der Waals surface area contributed by atoms with Crippen LogP contribution in [-0.4, -0.2) is 41.3 Å². The summed E-state index contributed by atoms with van der Waals surface area (Å²) in [6, 6.07) is 33.2. The highest BCUT2D eigenvalue weighted by molar-refractivity contribution is 5.98. The van der Waals surface area contributed by atoms with Crippen LogP contribution in [0.3, 0.4) is 0 Å². The molecular formula is C48H46N4O3. The van der Waals surface area contributed by atoms with E-state index in [0.29, 0.717) is 0 Å². The lowest BCUT2D eigenvalue weighted by Crippen LogP contribution is -1.93. The van der Waals surface area contributed by atoms with Gasteiger partial charge in [0.1, 0.15) is 17.2 Å². The zero-order chi connectivity index (χ0) is 37.7. The lowest BCUT2D eigenvalue weighted by atomic mass is 10.0. The molecule has 0 fully saturated rings. The highest BCUT2D eigenvalue weighted by Gasteiger charge is 2.19. The lowest BCUT2D eigenvalue weighted by molar-refractivity contribution is 0.415. The molecule has 0 saturated heterocycles.